The molecule has 1 spiro atoms. The molecule has 1 saturated heterocycles. The second-order valence-electron chi connectivity index (χ2n) is 6.81. The molecule has 0 unspecified atom stereocenters. The van der Waals surface area contributed by atoms with Gasteiger partial charge in [-0.15, -0.1) is 0 Å². The summed E-state index contributed by atoms with van der Waals surface area (Å²) >= 11 is 0. The van der Waals surface area contributed by atoms with Gasteiger partial charge in [0.2, 0.25) is 10.0 Å². The molecule has 1 saturated carbocycles. The second kappa shape index (κ2) is 5.83. The molecule has 2 aliphatic rings. The third-order valence-electron chi connectivity index (χ3n) is 4.80. The van der Waals surface area contributed by atoms with Crippen molar-refractivity contribution in [3.63, 3.8) is 0 Å². The van der Waals surface area contributed by atoms with Crippen LogP contribution < -0.4 is 9.46 Å². The lowest BCUT2D eigenvalue weighted by molar-refractivity contribution is 0.101. The molecular weight excluding hydrogens is 300 g/mol. The van der Waals surface area contributed by atoms with Gasteiger partial charge in [-0.2, -0.15) is 0 Å². The van der Waals surface area contributed by atoms with Crippen LogP contribution in [-0.4, -0.2) is 45.8 Å². The minimum absolute atomic E-state index is 0.131. The lowest BCUT2D eigenvalue weighted by Gasteiger charge is -2.45. The lowest BCUT2D eigenvalue weighted by atomic mass is 9.65. The van der Waals surface area contributed by atoms with Gasteiger partial charge in [-0.1, -0.05) is 12.1 Å². The van der Waals surface area contributed by atoms with E-state index >= 15 is 0 Å². The molecule has 3 rings (SSSR count). The normalized spacial score (nSPS) is 28.7. The number of rotatable bonds is 5. The van der Waals surface area contributed by atoms with E-state index in [-0.39, 0.29) is 6.04 Å². The van der Waals surface area contributed by atoms with Gasteiger partial charge in [-0.3, -0.25) is 4.90 Å². The lowest BCUT2D eigenvalue weighted by Crippen LogP contribution is -2.51. The van der Waals surface area contributed by atoms with Gasteiger partial charge in [0.1, 0.15) is 5.75 Å². The Bertz CT molecular complexity index is 639. The summed E-state index contributed by atoms with van der Waals surface area (Å²) in [7, 11) is -1.39. The molecule has 1 aliphatic carbocycles. The quantitative estimate of drug-likeness (QED) is 0.894. The van der Waals surface area contributed by atoms with E-state index in [0.29, 0.717) is 5.41 Å². The Kier molecular flexibility index (Phi) is 4.18. The van der Waals surface area contributed by atoms with Crippen LogP contribution in [0.2, 0.25) is 0 Å². The fourth-order valence-corrected chi connectivity index (χ4v) is 4.67. The topological polar surface area (TPSA) is 58.6 Å². The SMILES string of the molecule is COc1cccc(CN2CCC3(CC(NS(C)(=O)=O)C3)C2)c1. The first-order valence-electron chi connectivity index (χ1n) is 7.70. The average molecular weight is 324 g/mol. The summed E-state index contributed by atoms with van der Waals surface area (Å²) in [5.41, 5.74) is 1.59. The Morgan fingerprint density at radius 2 is 2.18 bits per heavy atom. The maximum atomic E-state index is 11.3. The number of nitrogens with one attached hydrogen (secondary N) is 1. The standard InChI is InChI=1S/C16H24N2O3S/c1-21-15-5-3-4-13(8-15)11-18-7-6-16(12-18)9-14(10-16)17-22(2,19)20/h3-5,8,14,17H,6-7,9-12H2,1-2H3. The molecule has 22 heavy (non-hydrogen) atoms. The van der Waals surface area contributed by atoms with Gasteiger partial charge in [-0.25, -0.2) is 13.1 Å². The number of hydrogen-bond acceptors (Lipinski definition) is 4. The van der Waals surface area contributed by atoms with E-state index in [1.165, 1.54) is 18.2 Å². The maximum Gasteiger partial charge on any atom is 0.208 e. The number of likely N-dealkylation sites (tertiary alicyclic amines) is 1. The Hall–Kier alpha value is -1.11. The van der Waals surface area contributed by atoms with Crippen molar-refractivity contribution in [1.29, 1.82) is 0 Å². The fourth-order valence-electron chi connectivity index (χ4n) is 3.90. The van der Waals surface area contributed by atoms with Gasteiger partial charge < -0.3 is 4.74 Å². The smallest absolute Gasteiger partial charge is 0.208 e. The highest BCUT2D eigenvalue weighted by Gasteiger charge is 2.48. The first-order chi connectivity index (χ1) is 10.4. The zero-order chi connectivity index (χ0) is 15.8. The molecule has 1 aliphatic heterocycles. The summed E-state index contributed by atoms with van der Waals surface area (Å²) in [5, 5.41) is 0. The molecule has 0 bridgehead atoms. The summed E-state index contributed by atoms with van der Waals surface area (Å²) in [6.07, 6.45) is 4.34. The third-order valence-corrected chi connectivity index (χ3v) is 5.56. The Balaban J connectivity index is 1.53. The predicted octanol–water partition coefficient (Wildman–Crippen LogP) is 1.60. The van der Waals surface area contributed by atoms with Gasteiger partial charge in [0.15, 0.2) is 0 Å². The maximum absolute atomic E-state index is 11.3. The molecule has 2 fully saturated rings. The first kappa shape index (κ1) is 15.8. The Morgan fingerprint density at radius 3 is 2.86 bits per heavy atom. The van der Waals surface area contributed by atoms with Crippen molar-refractivity contribution >= 4 is 10.0 Å². The Labute approximate surface area is 132 Å². The van der Waals surface area contributed by atoms with Crippen LogP contribution in [0.3, 0.4) is 0 Å². The van der Waals surface area contributed by atoms with Crippen LogP contribution in [0, 0.1) is 5.41 Å². The molecule has 5 nitrogen and oxygen atoms in total. The fraction of sp³-hybridized carbons (Fsp3) is 0.625. The monoisotopic (exact) mass is 324 g/mol. The number of methoxy groups -OCH3 is 1. The molecule has 0 atom stereocenters. The minimum atomic E-state index is -3.08. The zero-order valence-electron chi connectivity index (χ0n) is 13.2. The van der Waals surface area contributed by atoms with E-state index < -0.39 is 10.0 Å². The number of hydrogen-bond donors (Lipinski definition) is 1. The average Bonchev–Trinajstić information content (AvgIpc) is 2.81. The molecule has 1 N–H and O–H groups in total. The molecule has 1 heterocycles. The van der Waals surface area contributed by atoms with Crippen molar-refractivity contribution in [2.24, 2.45) is 5.41 Å². The highest BCUT2D eigenvalue weighted by Crippen LogP contribution is 2.48. The van der Waals surface area contributed by atoms with Gasteiger partial charge in [0, 0.05) is 19.1 Å². The van der Waals surface area contributed by atoms with Crippen molar-refractivity contribution in [1.82, 2.24) is 9.62 Å². The minimum Gasteiger partial charge on any atom is -0.497 e. The molecule has 122 valence electrons. The van der Waals surface area contributed by atoms with Crippen molar-refractivity contribution < 1.29 is 13.2 Å². The van der Waals surface area contributed by atoms with Crippen LogP contribution in [0.1, 0.15) is 24.8 Å². The second-order valence-corrected chi connectivity index (χ2v) is 8.59. The molecular formula is C16H24N2O3S. The predicted molar refractivity (Wildman–Crippen MR) is 86.3 cm³/mol. The van der Waals surface area contributed by atoms with Crippen LogP contribution in [0.4, 0.5) is 0 Å². The van der Waals surface area contributed by atoms with Crippen LogP contribution in [0.25, 0.3) is 0 Å². The van der Waals surface area contributed by atoms with Crippen LogP contribution in [0.5, 0.6) is 5.75 Å². The van der Waals surface area contributed by atoms with E-state index in [0.717, 1.165) is 38.2 Å². The molecule has 0 radical (unpaired) electrons. The summed E-state index contributed by atoms with van der Waals surface area (Å²) in [4.78, 5) is 2.46. The van der Waals surface area contributed by atoms with Gasteiger partial charge >= 0.3 is 0 Å². The van der Waals surface area contributed by atoms with E-state index in [9.17, 15) is 8.42 Å². The van der Waals surface area contributed by atoms with E-state index in [1.807, 2.05) is 12.1 Å². The molecule has 1 aromatic rings. The van der Waals surface area contributed by atoms with E-state index in [4.69, 9.17) is 4.74 Å². The highest BCUT2D eigenvalue weighted by molar-refractivity contribution is 7.88. The summed E-state index contributed by atoms with van der Waals surface area (Å²) in [6.45, 7) is 3.08. The van der Waals surface area contributed by atoms with Gasteiger partial charge in [0.25, 0.3) is 0 Å². The Morgan fingerprint density at radius 1 is 1.41 bits per heavy atom. The summed E-state index contributed by atoms with van der Waals surface area (Å²) in [5.74, 6) is 0.896. The number of ether oxygens (including phenoxy) is 1. The van der Waals surface area contributed by atoms with Crippen LogP contribution >= 0.6 is 0 Å². The number of nitrogens with zero attached hydrogens (tertiary/aromatic N) is 1. The number of benzene rings is 1. The van der Waals surface area contributed by atoms with Gasteiger partial charge in [0.05, 0.1) is 13.4 Å². The molecule has 0 amide bonds. The zero-order valence-corrected chi connectivity index (χ0v) is 14.0. The van der Waals surface area contributed by atoms with Gasteiger partial charge in [-0.05, 0) is 48.9 Å². The van der Waals surface area contributed by atoms with Crippen molar-refractivity contribution in [3.05, 3.63) is 29.8 Å². The van der Waals surface area contributed by atoms with Crippen LogP contribution in [0.15, 0.2) is 24.3 Å². The summed E-state index contributed by atoms with van der Waals surface area (Å²) < 4.78 is 30.5. The molecule has 1 aromatic carbocycles. The largest absolute Gasteiger partial charge is 0.497 e. The molecule has 0 aromatic heterocycles. The number of sulfonamides is 1. The van der Waals surface area contributed by atoms with E-state index in [1.54, 1.807) is 7.11 Å². The third kappa shape index (κ3) is 3.62. The van der Waals surface area contributed by atoms with Crippen LogP contribution in [-0.2, 0) is 16.6 Å². The van der Waals surface area contributed by atoms with E-state index in [2.05, 4.69) is 21.8 Å². The van der Waals surface area contributed by atoms with Crippen molar-refractivity contribution in [2.45, 2.75) is 31.8 Å². The highest BCUT2D eigenvalue weighted by atomic mass is 32.2. The van der Waals surface area contributed by atoms with Crippen molar-refractivity contribution in [3.8, 4) is 5.75 Å². The summed E-state index contributed by atoms with van der Waals surface area (Å²) in [6, 6.07) is 8.33. The van der Waals surface area contributed by atoms with Crippen molar-refractivity contribution in [2.75, 3.05) is 26.5 Å². The molecule has 6 heteroatoms. The first-order valence-corrected chi connectivity index (χ1v) is 9.59.